The molecule has 0 fully saturated rings. The lowest BCUT2D eigenvalue weighted by Gasteiger charge is -2.10. The van der Waals surface area contributed by atoms with Crippen molar-refractivity contribution < 1.29 is 14.3 Å². The monoisotopic (exact) mass is 357 g/mol. The second-order valence-electron chi connectivity index (χ2n) is 7.35. The summed E-state index contributed by atoms with van der Waals surface area (Å²) in [6.45, 7) is 3.88. The zero-order chi connectivity index (χ0) is 18.6. The molecule has 0 aromatic rings. The van der Waals surface area contributed by atoms with Crippen molar-refractivity contribution in [1.82, 2.24) is 4.90 Å². The fourth-order valence-corrected chi connectivity index (χ4v) is 2.81. The minimum atomic E-state index is -0.531. The number of hydrogen-bond donors (Lipinski definition) is 0. The van der Waals surface area contributed by atoms with Gasteiger partial charge in [0.2, 0.25) is 0 Å². The van der Waals surface area contributed by atoms with Crippen molar-refractivity contribution in [3.05, 3.63) is 0 Å². The van der Waals surface area contributed by atoms with E-state index in [4.69, 9.17) is 9.47 Å². The minimum absolute atomic E-state index is 0.393. The van der Waals surface area contributed by atoms with E-state index in [1.807, 2.05) is 19.0 Å². The van der Waals surface area contributed by atoms with Gasteiger partial charge in [0.15, 0.2) is 0 Å². The maximum Gasteiger partial charge on any atom is 0.508 e. The predicted octanol–water partition coefficient (Wildman–Crippen LogP) is 6.18. The number of rotatable bonds is 18. The van der Waals surface area contributed by atoms with Gasteiger partial charge in [-0.3, -0.25) is 0 Å². The molecule has 0 aliphatic heterocycles. The molecule has 0 unspecified atom stereocenters. The van der Waals surface area contributed by atoms with E-state index in [0.717, 1.165) is 19.4 Å². The number of hydrogen-bond acceptors (Lipinski definition) is 4. The van der Waals surface area contributed by atoms with Crippen LogP contribution in [0.4, 0.5) is 4.79 Å². The molecule has 0 amide bonds. The number of nitrogens with zero attached hydrogens (tertiary/aromatic N) is 1. The third-order valence-corrected chi connectivity index (χ3v) is 4.48. The summed E-state index contributed by atoms with van der Waals surface area (Å²) >= 11 is 0. The lowest BCUT2D eigenvalue weighted by Crippen LogP contribution is -2.20. The average molecular weight is 358 g/mol. The Morgan fingerprint density at radius 3 is 1.48 bits per heavy atom. The topological polar surface area (TPSA) is 38.8 Å². The van der Waals surface area contributed by atoms with Gasteiger partial charge in [-0.1, -0.05) is 90.4 Å². The van der Waals surface area contributed by atoms with Crippen molar-refractivity contribution in [1.29, 1.82) is 0 Å². The summed E-state index contributed by atoms with van der Waals surface area (Å²) in [6, 6.07) is 0. The quantitative estimate of drug-likeness (QED) is 0.217. The standard InChI is InChI=1S/C21H43NO3/c1-4-5-6-7-8-9-10-11-12-13-14-15-16-17-19-24-21(23)25-20-18-22(2)3/h4-20H2,1-3H3. The molecule has 0 heterocycles. The highest BCUT2D eigenvalue weighted by atomic mass is 16.7. The smallest absolute Gasteiger partial charge is 0.434 e. The summed E-state index contributed by atoms with van der Waals surface area (Å²) in [4.78, 5) is 13.3. The molecule has 0 aromatic carbocycles. The van der Waals surface area contributed by atoms with Crippen LogP contribution >= 0.6 is 0 Å². The predicted molar refractivity (Wildman–Crippen MR) is 106 cm³/mol. The van der Waals surface area contributed by atoms with Crippen LogP contribution < -0.4 is 0 Å². The number of ether oxygens (including phenoxy) is 2. The van der Waals surface area contributed by atoms with E-state index in [1.165, 1.54) is 77.0 Å². The molecule has 0 bridgehead atoms. The zero-order valence-electron chi connectivity index (χ0n) is 17.2. The van der Waals surface area contributed by atoms with E-state index in [-0.39, 0.29) is 0 Å². The Labute approximate surface area is 156 Å². The van der Waals surface area contributed by atoms with Crippen LogP contribution in [0.2, 0.25) is 0 Å². The van der Waals surface area contributed by atoms with Crippen LogP contribution in [0, 0.1) is 0 Å². The highest BCUT2D eigenvalue weighted by Crippen LogP contribution is 2.12. The molecule has 4 nitrogen and oxygen atoms in total. The Hall–Kier alpha value is -0.770. The van der Waals surface area contributed by atoms with E-state index in [1.54, 1.807) is 0 Å². The van der Waals surface area contributed by atoms with Crippen molar-refractivity contribution in [2.24, 2.45) is 0 Å². The molecule has 0 aliphatic rings. The van der Waals surface area contributed by atoms with Gasteiger partial charge in [-0.15, -0.1) is 0 Å². The van der Waals surface area contributed by atoms with Crippen molar-refractivity contribution in [3.63, 3.8) is 0 Å². The molecule has 0 saturated heterocycles. The van der Waals surface area contributed by atoms with Gasteiger partial charge in [-0.2, -0.15) is 0 Å². The molecule has 0 atom stereocenters. The van der Waals surface area contributed by atoms with Crippen LogP contribution in [0.1, 0.15) is 96.8 Å². The molecule has 0 saturated carbocycles. The lowest BCUT2D eigenvalue weighted by molar-refractivity contribution is 0.0502. The van der Waals surface area contributed by atoms with Crippen molar-refractivity contribution in [2.45, 2.75) is 96.8 Å². The molecule has 4 heteroatoms. The first-order valence-electron chi connectivity index (χ1n) is 10.6. The van der Waals surface area contributed by atoms with Gasteiger partial charge in [0, 0.05) is 6.54 Å². The highest BCUT2D eigenvalue weighted by molar-refractivity contribution is 5.59. The molecule has 0 spiro atoms. The SMILES string of the molecule is CCCCCCCCCCCCCCCCOC(=O)OCCN(C)C. The Morgan fingerprint density at radius 2 is 1.04 bits per heavy atom. The highest BCUT2D eigenvalue weighted by Gasteiger charge is 2.03. The number of likely N-dealkylation sites (N-methyl/N-ethyl adjacent to an activating group) is 1. The Morgan fingerprint density at radius 1 is 0.640 bits per heavy atom. The van der Waals surface area contributed by atoms with Gasteiger partial charge < -0.3 is 14.4 Å². The van der Waals surface area contributed by atoms with Gasteiger partial charge in [-0.05, 0) is 20.5 Å². The Kier molecular flexibility index (Phi) is 19.0. The molecule has 0 radical (unpaired) electrons. The summed E-state index contributed by atoms with van der Waals surface area (Å²) in [6.07, 6.45) is 18.1. The van der Waals surface area contributed by atoms with E-state index < -0.39 is 6.16 Å². The Balaban J connectivity index is 3.10. The van der Waals surface area contributed by atoms with Crippen LogP contribution in [0.25, 0.3) is 0 Å². The normalized spacial score (nSPS) is 11.0. The number of carbonyl (C=O) groups is 1. The van der Waals surface area contributed by atoms with Crippen LogP contribution in [0.3, 0.4) is 0 Å². The second kappa shape index (κ2) is 19.6. The average Bonchev–Trinajstić information content (AvgIpc) is 2.58. The maximum absolute atomic E-state index is 11.3. The first kappa shape index (κ1) is 24.2. The molecule has 0 rings (SSSR count). The molecule has 0 N–H and O–H groups in total. The van der Waals surface area contributed by atoms with Crippen LogP contribution in [0.15, 0.2) is 0 Å². The maximum atomic E-state index is 11.3. The minimum Gasteiger partial charge on any atom is -0.434 e. The third-order valence-electron chi connectivity index (χ3n) is 4.48. The van der Waals surface area contributed by atoms with Gasteiger partial charge in [-0.25, -0.2) is 4.79 Å². The fourth-order valence-electron chi connectivity index (χ4n) is 2.81. The fraction of sp³-hybridized carbons (Fsp3) is 0.952. The Bertz CT molecular complexity index is 282. The van der Waals surface area contributed by atoms with E-state index in [0.29, 0.717) is 13.2 Å². The first-order chi connectivity index (χ1) is 12.2. The first-order valence-corrected chi connectivity index (χ1v) is 10.6. The molecular formula is C21H43NO3. The molecular weight excluding hydrogens is 314 g/mol. The molecule has 150 valence electrons. The van der Waals surface area contributed by atoms with E-state index in [2.05, 4.69) is 6.92 Å². The lowest BCUT2D eigenvalue weighted by atomic mass is 10.0. The van der Waals surface area contributed by atoms with Crippen molar-refractivity contribution >= 4 is 6.16 Å². The largest absolute Gasteiger partial charge is 0.508 e. The van der Waals surface area contributed by atoms with E-state index >= 15 is 0 Å². The van der Waals surface area contributed by atoms with Gasteiger partial charge in [0.25, 0.3) is 0 Å². The number of carbonyl (C=O) groups excluding carboxylic acids is 1. The molecule has 25 heavy (non-hydrogen) atoms. The van der Waals surface area contributed by atoms with Crippen LogP contribution in [0.5, 0.6) is 0 Å². The summed E-state index contributed by atoms with van der Waals surface area (Å²) < 4.78 is 10.0. The summed E-state index contributed by atoms with van der Waals surface area (Å²) in [5, 5.41) is 0. The second-order valence-corrected chi connectivity index (χ2v) is 7.35. The van der Waals surface area contributed by atoms with Gasteiger partial charge >= 0.3 is 6.16 Å². The summed E-state index contributed by atoms with van der Waals surface area (Å²) in [5.41, 5.74) is 0. The van der Waals surface area contributed by atoms with E-state index in [9.17, 15) is 4.79 Å². The van der Waals surface area contributed by atoms with Crippen LogP contribution in [-0.2, 0) is 9.47 Å². The van der Waals surface area contributed by atoms with Crippen molar-refractivity contribution in [3.8, 4) is 0 Å². The molecule has 0 aromatic heterocycles. The van der Waals surface area contributed by atoms with Gasteiger partial charge in [0.1, 0.15) is 6.61 Å². The molecule has 0 aliphatic carbocycles. The third kappa shape index (κ3) is 21.2. The summed E-state index contributed by atoms with van der Waals surface area (Å²) in [5.74, 6) is 0. The summed E-state index contributed by atoms with van der Waals surface area (Å²) in [7, 11) is 3.90. The van der Waals surface area contributed by atoms with Gasteiger partial charge in [0.05, 0.1) is 6.61 Å². The van der Waals surface area contributed by atoms with Crippen molar-refractivity contribution in [2.75, 3.05) is 33.9 Å². The van der Waals surface area contributed by atoms with Crippen LogP contribution in [-0.4, -0.2) is 44.9 Å². The zero-order valence-corrected chi connectivity index (χ0v) is 17.2. The number of unbranched alkanes of at least 4 members (excludes halogenated alkanes) is 13.